The Hall–Kier alpha value is -0.570. The van der Waals surface area contributed by atoms with Gasteiger partial charge in [-0.15, -0.1) is 0 Å². The summed E-state index contributed by atoms with van der Waals surface area (Å²) in [6, 6.07) is 0. The van der Waals surface area contributed by atoms with Crippen LogP contribution in [0.1, 0.15) is 19.8 Å². The van der Waals surface area contributed by atoms with Gasteiger partial charge in [0.1, 0.15) is 0 Å². The maximum absolute atomic E-state index is 10.7. The number of carbonyl (C=O) groups is 1. The number of amides is 1. The lowest BCUT2D eigenvalue weighted by atomic mass is 9.95. The molecule has 1 aliphatic heterocycles. The zero-order valence-electron chi connectivity index (χ0n) is 7.05. The van der Waals surface area contributed by atoms with Crippen LogP contribution in [0, 0.1) is 5.92 Å². The summed E-state index contributed by atoms with van der Waals surface area (Å²) < 4.78 is 0. The number of nitrogens with two attached hydrogens (primary N) is 1. The second-order valence-electron chi connectivity index (χ2n) is 3.22. The van der Waals surface area contributed by atoms with Gasteiger partial charge < -0.3 is 10.6 Å². The molecule has 1 rings (SSSR count). The Labute approximate surface area is 67.5 Å². The summed E-state index contributed by atoms with van der Waals surface area (Å²) in [6.45, 7) is 4.31. The summed E-state index contributed by atoms with van der Waals surface area (Å²) in [4.78, 5) is 12.6. The molecule has 11 heavy (non-hydrogen) atoms. The lowest BCUT2D eigenvalue weighted by molar-refractivity contribution is -0.135. The molecule has 0 saturated carbocycles. The van der Waals surface area contributed by atoms with Gasteiger partial charge in [-0.1, -0.05) is 0 Å². The predicted molar refractivity (Wildman–Crippen MR) is 44.0 cm³/mol. The van der Waals surface area contributed by atoms with Crippen LogP contribution in [0.4, 0.5) is 0 Å². The molecular formula is C8H16N2O. The van der Waals surface area contributed by atoms with E-state index >= 15 is 0 Å². The van der Waals surface area contributed by atoms with Crippen molar-refractivity contribution >= 4 is 5.91 Å². The van der Waals surface area contributed by atoms with Gasteiger partial charge in [-0.2, -0.15) is 0 Å². The molecule has 0 bridgehead atoms. The largest absolute Gasteiger partial charge is 0.342 e. The highest BCUT2D eigenvalue weighted by atomic mass is 16.2. The van der Waals surface area contributed by atoms with Crippen molar-refractivity contribution in [3.05, 3.63) is 0 Å². The first-order chi connectivity index (χ1) is 5.24. The summed E-state index contributed by atoms with van der Waals surface area (Å²) in [7, 11) is 0. The Bertz CT molecular complexity index is 141. The fourth-order valence-corrected chi connectivity index (χ4v) is 1.42. The van der Waals surface area contributed by atoms with E-state index in [4.69, 9.17) is 5.73 Å². The highest BCUT2D eigenvalue weighted by Gasteiger charge is 2.27. The Kier molecular flexibility index (Phi) is 2.88. The standard InChI is InChI=1S/C8H16N2O/c1-7(11)10-5-8(6-10)3-2-4-9/h8H,2-6,9H2,1H3. The van der Waals surface area contributed by atoms with Crippen LogP contribution in [-0.4, -0.2) is 30.4 Å². The van der Waals surface area contributed by atoms with Crippen LogP contribution in [0.5, 0.6) is 0 Å². The van der Waals surface area contributed by atoms with Gasteiger partial charge in [0.05, 0.1) is 0 Å². The minimum atomic E-state index is 0.203. The molecule has 0 unspecified atom stereocenters. The first kappa shape index (κ1) is 8.53. The highest BCUT2D eigenvalue weighted by molar-refractivity contribution is 5.74. The molecule has 1 aliphatic rings. The lowest BCUT2D eigenvalue weighted by Crippen LogP contribution is -2.49. The second kappa shape index (κ2) is 3.72. The zero-order chi connectivity index (χ0) is 8.27. The number of nitrogens with zero attached hydrogens (tertiary/aromatic N) is 1. The van der Waals surface area contributed by atoms with Crippen molar-refractivity contribution in [2.24, 2.45) is 11.7 Å². The molecule has 0 aromatic heterocycles. The number of carbonyl (C=O) groups excluding carboxylic acids is 1. The van der Waals surface area contributed by atoms with Crippen molar-refractivity contribution in [2.75, 3.05) is 19.6 Å². The summed E-state index contributed by atoms with van der Waals surface area (Å²) in [6.07, 6.45) is 2.27. The van der Waals surface area contributed by atoms with Crippen LogP contribution < -0.4 is 5.73 Å². The van der Waals surface area contributed by atoms with Crippen molar-refractivity contribution in [2.45, 2.75) is 19.8 Å². The van der Waals surface area contributed by atoms with E-state index in [1.54, 1.807) is 6.92 Å². The molecule has 0 atom stereocenters. The van der Waals surface area contributed by atoms with Crippen molar-refractivity contribution in [1.29, 1.82) is 0 Å². The molecule has 2 N–H and O–H groups in total. The fourth-order valence-electron chi connectivity index (χ4n) is 1.42. The van der Waals surface area contributed by atoms with Gasteiger partial charge in [-0.05, 0) is 25.3 Å². The van der Waals surface area contributed by atoms with Gasteiger partial charge in [0.2, 0.25) is 5.91 Å². The average Bonchev–Trinajstić information content (AvgIpc) is 1.84. The summed E-state index contributed by atoms with van der Waals surface area (Å²) >= 11 is 0. The quantitative estimate of drug-likeness (QED) is 0.634. The van der Waals surface area contributed by atoms with Gasteiger partial charge in [0.25, 0.3) is 0 Å². The Morgan fingerprint density at radius 3 is 2.73 bits per heavy atom. The number of hydrogen-bond acceptors (Lipinski definition) is 2. The molecule has 0 radical (unpaired) electrons. The van der Waals surface area contributed by atoms with Gasteiger partial charge >= 0.3 is 0 Å². The minimum absolute atomic E-state index is 0.203. The van der Waals surface area contributed by atoms with Crippen LogP contribution in [-0.2, 0) is 4.79 Å². The van der Waals surface area contributed by atoms with Crippen molar-refractivity contribution in [3.63, 3.8) is 0 Å². The summed E-state index contributed by atoms with van der Waals surface area (Å²) in [5.74, 6) is 0.927. The summed E-state index contributed by atoms with van der Waals surface area (Å²) in [5, 5.41) is 0. The Balaban J connectivity index is 2.05. The van der Waals surface area contributed by atoms with E-state index in [9.17, 15) is 4.79 Å². The molecule has 1 fully saturated rings. The third-order valence-electron chi connectivity index (χ3n) is 2.22. The van der Waals surface area contributed by atoms with Crippen LogP contribution in [0.25, 0.3) is 0 Å². The van der Waals surface area contributed by atoms with Crippen molar-refractivity contribution < 1.29 is 4.79 Å². The SMILES string of the molecule is CC(=O)N1CC(CCCN)C1. The van der Waals surface area contributed by atoms with Crippen molar-refractivity contribution in [1.82, 2.24) is 4.90 Å². The normalized spacial score (nSPS) is 18.2. The highest BCUT2D eigenvalue weighted by Crippen LogP contribution is 2.19. The molecule has 64 valence electrons. The molecule has 0 spiro atoms. The maximum Gasteiger partial charge on any atom is 0.219 e. The van der Waals surface area contributed by atoms with E-state index < -0.39 is 0 Å². The predicted octanol–water partition coefficient (Wildman–Crippen LogP) is 0.204. The molecule has 3 nitrogen and oxygen atoms in total. The third-order valence-corrected chi connectivity index (χ3v) is 2.22. The second-order valence-corrected chi connectivity index (χ2v) is 3.22. The minimum Gasteiger partial charge on any atom is -0.342 e. The van der Waals surface area contributed by atoms with E-state index in [0.717, 1.165) is 32.0 Å². The molecule has 0 aliphatic carbocycles. The fraction of sp³-hybridized carbons (Fsp3) is 0.875. The molecule has 1 saturated heterocycles. The first-order valence-electron chi connectivity index (χ1n) is 4.19. The lowest BCUT2D eigenvalue weighted by Gasteiger charge is -2.38. The molecule has 3 heteroatoms. The van der Waals surface area contributed by atoms with Crippen LogP contribution in [0.2, 0.25) is 0 Å². The smallest absolute Gasteiger partial charge is 0.219 e. The van der Waals surface area contributed by atoms with Crippen LogP contribution in [0.3, 0.4) is 0 Å². The van der Waals surface area contributed by atoms with E-state index in [2.05, 4.69) is 0 Å². The third kappa shape index (κ3) is 2.19. The van der Waals surface area contributed by atoms with Gasteiger partial charge in [0, 0.05) is 20.0 Å². The van der Waals surface area contributed by atoms with Gasteiger partial charge in [-0.3, -0.25) is 4.79 Å². The molecular weight excluding hydrogens is 140 g/mol. The molecule has 0 aromatic rings. The average molecular weight is 156 g/mol. The maximum atomic E-state index is 10.7. The zero-order valence-corrected chi connectivity index (χ0v) is 7.05. The van der Waals surface area contributed by atoms with Crippen molar-refractivity contribution in [3.8, 4) is 0 Å². The van der Waals surface area contributed by atoms with Crippen LogP contribution >= 0.6 is 0 Å². The molecule has 0 aromatic carbocycles. The van der Waals surface area contributed by atoms with E-state index in [1.807, 2.05) is 4.90 Å². The summed E-state index contributed by atoms with van der Waals surface area (Å²) in [5.41, 5.74) is 5.37. The Morgan fingerprint density at radius 2 is 2.27 bits per heavy atom. The van der Waals surface area contributed by atoms with Crippen LogP contribution in [0.15, 0.2) is 0 Å². The molecule has 1 heterocycles. The monoisotopic (exact) mass is 156 g/mol. The number of hydrogen-bond donors (Lipinski definition) is 1. The first-order valence-corrected chi connectivity index (χ1v) is 4.19. The van der Waals surface area contributed by atoms with Gasteiger partial charge in [0.15, 0.2) is 0 Å². The topological polar surface area (TPSA) is 46.3 Å². The molecule has 1 amide bonds. The van der Waals surface area contributed by atoms with Gasteiger partial charge in [-0.25, -0.2) is 0 Å². The number of rotatable bonds is 3. The Morgan fingerprint density at radius 1 is 1.64 bits per heavy atom. The van der Waals surface area contributed by atoms with E-state index in [-0.39, 0.29) is 5.91 Å². The van der Waals surface area contributed by atoms with E-state index in [1.165, 1.54) is 6.42 Å². The number of likely N-dealkylation sites (tertiary alicyclic amines) is 1. The van der Waals surface area contributed by atoms with E-state index in [0.29, 0.717) is 0 Å².